The van der Waals surface area contributed by atoms with Crippen molar-refractivity contribution in [2.75, 3.05) is 29.5 Å². The molecule has 1 amide bonds. The van der Waals surface area contributed by atoms with Crippen LogP contribution in [-0.2, 0) is 19.6 Å². The van der Waals surface area contributed by atoms with E-state index in [1.807, 2.05) is 0 Å². The molecule has 162 valence electrons. The lowest BCUT2D eigenvalue weighted by atomic mass is 10.2. The quantitative estimate of drug-likeness (QED) is 0.608. The van der Waals surface area contributed by atoms with Crippen LogP contribution in [0.3, 0.4) is 0 Å². The molecule has 0 bridgehead atoms. The number of amides is 1. The number of ether oxygens (including phenoxy) is 1. The van der Waals surface area contributed by atoms with Gasteiger partial charge >= 0.3 is 5.97 Å². The fourth-order valence-electron chi connectivity index (χ4n) is 2.60. The maximum Gasteiger partial charge on any atom is 0.339 e. The molecule has 7 nitrogen and oxygen atoms in total. The Hall–Kier alpha value is -2.72. The lowest BCUT2D eigenvalue weighted by Gasteiger charge is -2.22. The first-order chi connectivity index (χ1) is 14.0. The molecular formula is C19H19ClF2N2O5S. The largest absolute Gasteiger partial charge is 0.465 e. The van der Waals surface area contributed by atoms with Gasteiger partial charge in [-0.1, -0.05) is 11.6 Å². The summed E-state index contributed by atoms with van der Waals surface area (Å²) in [6.45, 7) is -0.120. The molecule has 1 N–H and O–H groups in total. The first-order valence-corrected chi connectivity index (χ1v) is 10.9. The van der Waals surface area contributed by atoms with E-state index < -0.39 is 33.5 Å². The summed E-state index contributed by atoms with van der Waals surface area (Å²) in [7, 11) is -2.58. The second kappa shape index (κ2) is 9.86. The zero-order valence-corrected chi connectivity index (χ0v) is 17.7. The highest BCUT2D eigenvalue weighted by atomic mass is 35.5. The third-order valence-electron chi connectivity index (χ3n) is 4.01. The monoisotopic (exact) mass is 460 g/mol. The first-order valence-electron chi connectivity index (χ1n) is 8.63. The Morgan fingerprint density at radius 1 is 1.13 bits per heavy atom. The molecule has 0 spiro atoms. The number of hydrogen-bond acceptors (Lipinski definition) is 5. The Morgan fingerprint density at radius 3 is 2.43 bits per heavy atom. The Balaban J connectivity index is 2.03. The molecule has 0 atom stereocenters. The number of carbonyl (C=O) groups is 2. The Morgan fingerprint density at radius 2 is 1.83 bits per heavy atom. The van der Waals surface area contributed by atoms with Gasteiger partial charge in [0.1, 0.15) is 0 Å². The van der Waals surface area contributed by atoms with Crippen molar-refractivity contribution in [1.82, 2.24) is 0 Å². The van der Waals surface area contributed by atoms with Gasteiger partial charge in [-0.15, -0.1) is 0 Å². The third-order valence-corrected chi connectivity index (χ3v) is 5.54. The second-order valence-corrected chi connectivity index (χ2v) is 8.59. The van der Waals surface area contributed by atoms with E-state index in [-0.39, 0.29) is 35.7 Å². The summed E-state index contributed by atoms with van der Waals surface area (Å²) in [4.78, 5) is 23.8. The van der Waals surface area contributed by atoms with Gasteiger partial charge < -0.3 is 10.1 Å². The minimum Gasteiger partial charge on any atom is -0.465 e. The fourth-order valence-corrected chi connectivity index (χ4v) is 3.75. The average molecular weight is 461 g/mol. The number of halogens is 3. The van der Waals surface area contributed by atoms with Crippen LogP contribution >= 0.6 is 11.6 Å². The number of methoxy groups -OCH3 is 1. The molecule has 0 aliphatic rings. The molecule has 2 aromatic carbocycles. The van der Waals surface area contributed by atoms with Gasteiger partial charge in [0.2, 0.25) is 15.9 Å². The summed E-state index contributed by atoms with van der Waals surface area (Å²) >= 11 is 5.92. The van der Waals surface area contributed by atoms with Crippen molar-refractivity contribution in [1.29, 1.82) is 0 Å². The van der Waals surface area contributed by atoms with Crippen molar-refractivity contribution in [3.05, 3.63) is 58.6 Å². The summed E-state index contributed by atoms with van der Waals surface area (Å²) in [6.07, 6.45) is 0.970. The molecule has 0 aliphatic carbocycles. The van der Waals surface area contributed by atoms with Crippen LogP contribution in [0.15, 0.2) is 36.4 Å². The van der Waals surface area contributed by atoms with E-state index in [9.17, 15) is 26.8 Å². The molecule has 0 heterocycles. The normalized spacial score (nSPS) is 11.1. The predicted molar refractivity (Wildman–Crippen MR) is 109 cm³/mol. The fraction of sp³-hybridized carbons (Fsp3) is 0.263. The van der Waals surface area contributed by atoms with E-state index >= 15 is 0 Å². The minimum absolute atomic E-state index is 0.0442. The smallest absolute Gasteiger partial charge is 0.339 e. The van der Waals surface area contributed by atoms with Gasteiger partial charge in [-0.2, -0.15) is 0 Å². The molecular weight excluding hydrogens is 442 g/mol. The Labute approximate surface area is 177 Å². The van der Waals surface area contributed by atoms with Crippen molar-refractivity contribution >= 4 is 44.9 Å². The summed E-state index contributed by atoms with van der Waals surface area (Å²) in [5, 5.41) is 2.74. The SMILES string of the molecule is COC(=O)c1cc(NC(=O)CCCN(c2ccc(F)c(F)c2)S(C)(=O)=O)ccc1Cl. The van der Waals surface area contributed by atoms with Gasteiger partial charge in [0, 0.05) is 24.7 Å². The van der Waals surface area contributed by atoms with E-state index in [1.165, 1.54) is 25.3 Å². The van der Waals surface area contributed by atoms with Gasteiger partial charge in [0.05, 0.1) is 29.6 Å². The number of sulfonamides is 1. The van der Waals surface area contributed by atoms with Gasteiger partial charge in [0.25, 0.3) is 0 Å². The van der Waals surface area contributed by atoms with E-state index in [4.69, 9.17) is 11.6 Å². The van der Waals surface area contributed by atoms with Crippen molar-refractivity contribution in [2.24, 2.45) is 0 Å². The van der Waals surface area contributed by atoms with Crippen LogP contribution in [0, 0.1) is 11.6 Å². The third kappa shape index (κ3) is 6.14. The molecule has 0 aromatic heterocycles. The van der Waals surface area contributed by atoms with Crippen LogP contribution in [0.25, 0.3) is 0 Å². The molecule has 30 heavy (non-hydrogen) atoms. The van der Waals surface area contributed by atoms with Crippen LogP contribution in [-0.4, -0.2) is 40.2 Å². The van der Waals surface area contributed by atoms with E-state index in [0.717, 1.165) is 28.8 Å². The van der Waals surface area contributed by atoms with E-state index in [1.54, 1.807) is 0 Å². The molecule has 2 aromatic rings. The molecule has 0 aliphatic heterocycles. The van der Waals surface area contributed by atoms with Gasteiger partial charge in [-0.25, -0.2) is 22.0 Å². The molecule has 2 rings (SSSR count). The summed E-state index contributed by atoms with van der Waals surface area (Å²) in [5.74, 6) is -3.37. The highest BCUT2D eigenvalue weighted by molar-refractivity contribution is 7.92. The van der Waals surface area contributed by atoms with Crippen molar-refractivity contribution in [2.45, 2.75) is 12.8 Å². The second-order valence-electron chi connectivity index (χ2n) is 6.27. The maximum absolute atomic E-state index is 13.5. The molecule has 0 unspecified atom stereocenters. The topological polar surface area (TPSA) is 92.8 Å². The predicted octanol–water partition coefficient (Wildman–Crippen LogP) is 3.59. The number of nitrogens with one attached hydrogen (secondary N) is 1. The number of nitrogens with zero attached hydrogens (tertiary/aromatic N) is 1. The highest BCUT2D eigenvalue weighted by Gasteiger charge is 2.19. The minimum atomic E-state index is -3.78. The highest BCUT2D eigenvalue weighted by Crippen LogP contribution is 2.23. The number of hydrogen-bond donors (Lipinski definition) is 1. The lowest BCUT2D eigenvalue weighted by molar-refractivity contribution is -0.116. The zero-order valence-electron chi connectivity index (χ0n) is 16.1. The number of anilines is 2. The van der Waals surface area contributed by atoms with Gasteiger partial charge in [-0.3, -0.25) is 9.10 Å². The molecule has 0 saturated heterocycles. The lowest BCUT2D eigenvalue weighted by Crippen LogP contribution is -2.31. The summed E-state index contributed by atoms with van der Waals surface area (Å²) < 4.78 is 56.1. The van der Waals surface area contributed by atoms with E-state index in [2.05, 4.69) is 10.1 Å². The number of rotatable bonds is 8. The van der Waals surface area contributed by atoms with Crippen LogP contribution in [0.2, 0.25) is 5.02 Å². The van der Waals surface area contributed by atoms with Crippen LogP contribution in [0.1, 0.15) is 23.2 Å². The summed E-state index contributed by atoms with van der Waals surface area (Å²) in [5.41, 5.74) is 0.348. The Kier molecular flexibility index (Phi) is 7.74. The number of esters is 1. The van der Waals surface area contributed by atoms with Gasteiger partial charge in [-0.05, 0) is 36.8 Å². The van der Waals surface area contributed by atoms with Crippen LogP contribution in [0.4, 0.5) is 20.2 Å². The summed E-state index contributed by atoms with van der Waals surface area (Å²) in [6, 6.07) is 7.03. The van der Waals surface area contributed by atoms with Crippen molar-refractivity contribution < 1.29 is 31.5 Å². The molecule has 0 radical (unpaired) electrons. The van der Waals surface area contributed by atoms with E-state index in [0.29, 0.717) is 5.69 Å². The molecule has 0 saturated carbocycles. The van der Waals surface area contributed by atoms with Crippen LogP contribution < -0.4 is 9.62 Å². The number of benzene rings is 2. The Bertz CT molecular complexity index is 1060. The van der Waals surface area contributed by atoms with Crippen molar-refractivity contribution in [3.8, 4) is 0 Å². The number of carbonyl (C=O) groups excluding carboxylic acids is 2. The maximum atomic E-state index is 13.5. The molecule has 0 fully saturated rings. The van der Waals surface area contributed by atoms with Crippen molar-refractivity contribution in [3.63, 3.8) is 0 Å². The average Bonchev–Trinajstić information content (AvgIpc) is 2.67. The molecule has 11 heteroatoms. The van der Waals surface area contributed by atoms with Gasteiger partial charge in [0.15, 0.2) is 11.6 Å². The zero-order chi connectivity index (χ0) is 22.5. The standard InChI is InChI=1S/C19H19ClF2N2O5S/c1-29-19(26)14-10-12(5-7-15(14)20)23-18(25)4-3-9-24(30(2,27)28)13-6-8-16(21)17(22)11-13/h5-8,10-11H,3-4,9H2,1-2H3,(H,23,25). The first kappa shape index (κ1) is 23.6. The van der Waals surface area contributed by atoms with Crippen LogP contribution in [0.5, 0.6) is 0 Å².